The molecule has 1 aromatic carbocycles. The van der Waals surface area contributed by atoms with Crippen LogP contribution in [0, 0.1) is 0 Å². The van der Waals surface area contributed by atoms with Crippen molar-refractivity contribution in [1.29, 1.82) is 0 Å². The van der Waals surface area contributed by atoms with Gasteiger partial charge in [0.1, 0.15) is 5.75 Å². The Morgan fingerprint density at radius 2 is 1.38 bits per heavy atom. The van der Waals surface area contributed by atoms with E-state index in [-0.39, 0.29) is 0 Å². The van der Waals surface area contributed by atoms with Crippen LogP contribution in [0.4, 0.5) is 0 Å². The molecule has 68 valence electrons. The van der Waals surface area contributed by atoms with E-state index in [0.29, 0.717) is 5.75 Å². The molecular formula is C12H14O. The van der Waals surface area contributed by atoms with E-state index in [9.17, 15) is 0 Å². The molecule has 2 rings (SSSR count). The van der Waals surface area contributed by atoms with Crippen molar-refractivity contribution in [2.75, 3.05) is 0 Å². The number of hydrogen-bond donors (Lipinski definition) is 1. The summed E-state index contributed by atoms with van der Waals surface area (Å²) in [6.07, 6.45) is 11.0. The minimum Gasteiger partial charge on any atom is -0.508 e. The molecule has 1 aliphatic carbocycles. The van der Waals surface area contributed by atoms with Crippen LogP contribution in [0.25, 0.3) is 0 Å². The predicted molar refractivity (Wildman–Crippen MR) is 55.6 cm³/mol. The number of phenols is 1. The first-order valence-electron chi connectivity index (χ1n) is 4.45. The smallest absolute Gasteiger partial charge is 0.115 e. The summed E-state index contributed by atoms with van der Waals surface area (Å²) in [6.45, 7) is 0. The fraction of sp³-hybridized carbons (Fsp3) is 0.167. The standard InChI is InChI=1S/C6H6O.C6H8/c7-6-4-2-1-3-5-6;1-2-4-6-5-3-1/h1-5,7H;1-4H,5-6H2. The van der Waals surface area contributed by atoms with Crippen molar-refractivity contribution in [3.8, 4) is 5.75 Å². The Labute approximate surface area is 79.0 Å². The summed E-state index contributed by atoms with van der Waals surface area (Å²) in [6, 6.07) is 8.71. The molecule has 0 bridgehead atoms. The van der Waals surface area contributed by atoms with Gasteiger partial charge < -0.3 is 5.11 Å². The largest absolute Gasteiger partial charge is 0.508 e. The van der Waals surface area contributed by atoms with Crippen molar-refractivity contribution in [3.05, 3.63) is 54.6 Å². The number of benzene rings is 1. The normalized spacial score (nSPS) is 13.2. The molecule has 0 saturated carbocycles. The molecule has 0 unspecified atom stereocenters. The Morgan fingerprint density at radius 1 is 0.846 bits per heavy atom. The van der Waals surface area contributed by atoms with Crippen LogP contribution in [-0.2, 0) is 0 Å². The maximum Gasteiger partial charge on any atom is 0.115 e. The summed E-state index contributed by atoms with van der Waals surface area (Å²) in [5.41, 5.74) is 0. The quantitative estimate of drug-likeness (QED) is 0.640. The van der Waals surface area contributed by atoms with Crippen LogP contribution in [0.1, 0.15) is 12.8 Å². The van der Waals surface area contributed by atoms with Crippen molar-refractivity contribution < 1.29 is 5.11 Å². The fourth-order valence-electron chi connectivity index (χ4n) is 0.970. The molecule has 0 aromatic heterocycles. The van der Waals surface area contributed by atoms with Gasteiger partial charge in [-0.15, -0.1) is 0 Å². The number of allylic oxidation sites excluding steroid dienone is 4. The second kappa shape index (κ2) is 6.06. The van der Waals surface area contributed by atoms with Crippen LogP contribution in [0.3, 0.4) is 0 Å². The maximum absolute atomic E-state index is 8.63. The molecule has 1 N–H and O–H groups in total. The van der Waals surface area contributed by atoms with Crippen LogP contribution in [0.5, 0.6) is 5.75 Å². The average Bonchev–Trinajstić information content (AvgIpc) is 2.22. The lowest BCUT2D eigenvalue weighted by molar-refractivity contribution is 0.475. The van der Waals surface area contributed by atoms with Crippen molar-refractivity contribution in [1.82, 2.24) is 0 Å². The number of para-hydroxylation sites is 1. The molecule has 13 heavy (non-hydrogen) atoms. The van der Waals surface area contributed by atoms with Gasteiger partial charge in [0.05, 0.1) is 0 Å². The van der Waals surface area contributed by atoms with Gasteiger partial charge in [0.25, 0.3) is 0 Å². The third kappa shape index (κ3) is 4.86. The van der Waals surface area contributed by atoms with Gasteiger partial charge in [0.15, 0.2) is 0 Å². The summed E-state index contributed by atoms with van der Waals surface area (Å²) in [7, 11) is 0. The van der Waals surface area contributed by atoms with Crippen LogP contribution in [0.2, 0.25) is 0 Å². The van der Waals surface area contributed by atoms with E-state index in [1.165, 1.54) is 12.8 Å². The third-order valence-electron chi connectivity index (χ3n) is 1.64. The fourth-order valence-corrected chi connectivity index (χ4v) is 0.970. The molecule has 1 nitrogen and oxygen atoms in total. The van der Waals surface area contributed by atoms with Gasteiger partial charge in [-0.1, -0.05) is 42.5 Å². The predicted octanol–water partition coefficient (Wildman–Crippen LogP) is 3.28. The Balaban J connectivity index is 0.000000132. The highest BCUT2D eigenvalue weighted by Crippen LogP contribution is 2.02. The number of hydrogen-bond acceptors (Lipinski definition) is 1. The summed E-state index contributed by atoms with van der Waals surface area (Å²) in [5.74, 6) is 0.322. The van der Waals surface area contributed by atoms with E-state index in [1.807, 2.05) is 6.07 Å². The monoisotopic (exact) mass is 174 g/mol. The van der Waals surface area contributed by atoms with Gasteiger partial charge in [0, 0.05) is 0 Å². The number of phenolic OH excluding ortho intramolecular Hbond substituents is 1. The van der Waals surface area contributed by atoms with E-state index in [1.54, 1.807) is 24.3 Å². The summed E-state index contributed by atoms with van der Waals surface area (Å²) >= 11 is 0. The highest BCUT2D eigenvalue weighted by molar-refractivity contribution is 5.18. The summed E-state index contributed by atoms with van der Waals surface area (Å²) < 4.78 is 0. The summed E-state index contributed by atoms with van der Waals surface area (Å²) in [4.78, 5) is 0. The molecule has 0 fully saturated rings. The van der Waals surface area contributed by atoms with E-state index in [4.69, 9.17) is 5.11 Å². The van der Waals surface area contributed by atoms with E-state index in [2.05, 4.69) is 24.3 Å². The van der Waals surface area contributed by atoms with E-state index < -0.39 is 0 Å². The molecule has 0 spiro atoms. The molecule has 0 amide bonds. The summed E-state index contributed by atoms with van der Waals surface area (Å²) in [5, 5.41) is 8.63. The Kier molecular flexibility index (Phi) is 4.47. The molecule has 0 saturated heterocycles. The van der Waals surface area contributed by atoms with Crippen molar-refractivity contribution >= 4 is 0 Å². The lowest BCUT2D eigenvalue weighted by atomic mass is 10.2. The molecule has 1 heteroatoms. The first-order chi connectivity index (χ1) is 6.39. The number of aromatic hydroxyl groups is 1. The van der Waals surface area contributed by atoms with Crippen molar-refractivity contribution in [2.45, 2.75) is 12.8 Å². The Bertz CT molecular complexity index is 260. The second-order valence-corrected chi connectivity index (χ2v) is 2.77. The van der Waals surface area contributed by atoms with Crippen LogP contribution < -0.4 is 0 Å². The van der Waals surface area contributed by atoms with Gasteiger partial charge >= 0.3 is 0 Å². The minimum atomic E-state index is 0.322. The Morgan fingerprint density at radius 3 is 1.62 bits per heavy atom. The first-order valence-corrected chi connectivity index (χ1v) is 4.45. The minimum absolute atomic E-state index is 0.322. The SMILES string of the molecule is C1=CCCC=C1.Oc1ccccc1. The molecule has 0 radical (unpaired) electrons. The highest BCUT2D eigenvalue weighted by Gasteiger charge is 1.77. The topological polar surface area (TPSA) is 20.2 Å². The first kappa shape index (κ1) is 9.59. The highest BCUT2D eigenvalue weighted by atomic mass is 16.3. The maximum atomic E-state index is 8.63. The molecule has 1 aliphatic rings. The van der Waals surface area contributed by atoms with Crippen LogP contribution in [0.15, 0.2) is 54.6 Å². The zero-order chi connectivity index (χ0) is 9.36. The lowest BCUT2D eigenvalue weighted by Gasteiger charge is -1.88. The van der Waals surface area contributed by atoms with Gasteiger partial charge in [-0.05, 0) is 25.0 Å². The zero-order valence-corrected chi connectivity index (χ0v) is 7.56. The molecule has 0 atom stereocenters. The third-order valence-corrected chi connectivity index (χ3v) is 1.64. The Hall–Kier alpha value is -1.50. The van der Waals surface area contributed by atoms with E-state index >= 15 is 0 Å². The van der Waals surface area contributed by atoms with Crippen molar-refractivity contribution in [3.63, 3.8) is 0 Å². The van der Waals surface area contributed by atoms with Gasteiger partial charge in [0.2, 0.25) is 0 Å². The molecular weight excluding hydrogens is 160 g/mol. The van der Waals surface area contributed by atoms with Crippen LogP contribution in [-0.4, -0.2) is 5.11 Å². The van der Waals surface area contributed by atoms with Gasteiger partial charge in [-0.2, -0.15) is 0 Å². The molecule has 0 aliphatic heterocycles. The van der Waals surface area contributed by atoms with Gasteiger partial charge in [-0.3, -0.25) is 0 Å². The number of rotatable bonds is 0. The molecule has 0 heterocycles. The van der Waals surface area contributed by atoms with E-state index in [0.717, 1.165) is 0 Å². The molecule has 1 aromatic rings. The zero-order valence-electron chi connectivity index (χ0n) is 7.56. The second-order valence-electron chi connectivity index (χ2n) is 2.77. The lowest BCUT2D eigenvalue weighted by Crippen LogP contribution is -1.67. The average molecular weight is 174 g/mol. The van der Waals surface area contributed by atoms with Gasteiger partial charge in [-0.25, -0.2) is 0 Å². The van der Waals surface area contributed by atoms with Crippen LogP contribution >= 0.6 is 0 Å². The van der Waals surface area contributed by atoms with Crippen molar-refractivity contribution in [2.24, 2.45) is 0 Å².